The minimum Gasteiger partial charge on any atom is -0.355 e. The van der Waals surface area contributed by atoms with Gasteiger partial charge in [-0.3, -0.25) is 4.79 Å². The summed E-state index contributed by atoms with van der Waals surface area (Å²) < 4.78 is 5.80. The van der Waals surface area contributed by atoms with Gasteiger partial charge in [-0.05, 0) is 11.4 Å². The van der Waals surface area contributed by atoms with Gasteiger partial charge in [-0.25, -0.2) is 0 Å². The molecule has 0 atom stereocenters. The molecule has 0 radical (unpaired) electrons. The van der Waals surface area contributed by atoms with Crippen molar-refractivity contribution in [2.45, 2.75) is 0 Å². The third-order valence-corrected chi connectivity index (χ3v) is 3.11. The first-order valence-electron chi connectivity index (χ1n) is 4.79. The summed E-state index contributed by atoms with van der Waals surface area (Å²) in [6, 6.07) is 5.45. The van der Waals surface area contributed by atoms with Crippen molar-refractivity contribution < 1.29 is 9.32 Å². The predicted octanol–water partition coefficient (Wildman–Crippen LogP) is 3.04. The highest BCUT2D eigenvalue weighted by molar-refractivity contribution is 9.11. The lowest BCUT2D eigenvalue weighted by Gasteiger charge is -1.98. The molecule has 0 fully saturated rings. The van der Waals surface area contributed by atoms with Crippen LogP contribution in [0.25, 0.3) is 10.6 Å². The Kier molecular flexibility index (Phi) is 3.75. The van der Waals surface area contributed by atoms with Crippen LogP contribution in [0.3, 0.4) is 0 Å². The lowest BCUT2D eigenvalue weighted by molar-refractivity contribution is 0.0949. The Labute approximate surface area is 110 Å². The zero-order valence-corrected chi connectivity index (χ0v) is 11.2. The fourth-order valence-corrected chi connectivity index (χ4v) is 2.00. The van der Waals surface area contributed by atoms with E-state index in [-0.39, 0.29) is 11.6 Å². The molecule has 0 aliphatic carbocycles. The number of hydrogen-bond donors (Lipinski definition) is 1. The standard InChI is InChI=1S/C11H9BrN2O2S/c1-7(12)6-13-11(15)8-5-9(16-14-8)10-3-2-4-17-10/h2-5H,1,6H2,(H,13,15). The van der Waals surface area contributed by atoms with Crippen molar-refractivity contribution in [2.24, 2.45) is 0 Å². The van der Waals surface area contributed by atoms with E-state index in [9.17, 15) is 4.79 Å². The highest BCUT2D eigenvalue weighted by Crippen LogP contribution is 2.24. The number of nitrogens with one attached hydrogen (secondary N) is 1. The Morgan fingerprint density at radius 3 is 3.12 bits per heavy atom. The molecule has 17 heavy (non-hydrogen) atoms. The van der Waals surface area contributed by atoms with E-state index in [1.807, 2.05) is 17.5 Å². The van der Waals surface area contributed by atoms with Gasteiger partial charge in [0.15, 0.2) is 11.5 Å². The van der Waals surface area contributed by atoms with E-state index >= 15 is 0 Å². The number of hydrogen-bond acceptors (Lipinski definition) is 4. The molecule has 0 spiro atoms. The summed E-state index contributed by atoms with van der Waals surface area (Å²) in [4.78, 5) is 12.6. The van der Waals surface area contributed by atoms with Crippen LogP contribution in [0.4, 0.5) is 0 Å². The van der Waals surface area contributed by atoms with E-state index in [1.165, 1.54) is 11.3 Å². The monoisotopic (exact) mass is 312 g/mol. The van der Waals surface area contributed by atoms with Crippen molar-refractivity contribution in [2.75, 3.05) is 6.54 Å². The molecule has 4 nitrogen and oxygen atoms in total. The SMILES string of the molecule is C=C(Br)CNC(=O)c1cc(-c2cccs2)on1. The van der Waals surface area contributed by atoms with Crippen molar-refractivity contribution in [3.8, 4) is 10.6 Å². The molecule has 1 amide bonds. The molecule has 0 aliphatic heterocycles. The van der Waals surface area contributed by atoms with E-state index in [0.717, 1.165) is 4.88 Å². The fraction of sp³-hybridized carbons (Fsp3) is 0.0909. The summed E-state index contributed by atoms with van der Waals surface area (Å²) in [6.07, 6.45) is 0. The van der Waals surface area contributed by atoms with E-state index in [4.69, 9.17) is 4.52 Å². The number of carbonyl (C=O) groups is 1. The molecule has 0 aromatic carbocycles. The Bertz CT molecular complexity index is 533. The first-order chi connectivity index (χ1) is 8.16. The normalized spacial score (nSPS) is 10.2. The van der Waals surface area contributed by atoms with Gasteiger partial charge in [-0.15, -0.1) is 11.3 Å². The number of rotatable bonds is 4. The molecule has 0 bridgehead atoms. The van der Waals surface area contributed by atoms with Crippen molar-refractivity contribution >= 4 is 33.2 Å². The maximum absolute atomic E-state index is 11.6. The summed E-state index contributed by atoms with van der Waals surface area (Å²) in [5.41, 5.74) is 0.266. The van der Waals surface area contributed by atoms with Crippen molar-refractivity contribution in [3.63, 3.8) is 0 Å². The molecule has 0 saturated heterocycles. The van der Waals surface area contributed by atoms with Crippen LogP contribution in [0.2, 0.25) is 0 Å². The molecule has 88 valence electrons. The van der Waals surface area contributed by atoms with Gasteiger partial charge >= 0.3 is 0 Å². The third-order valence-electron chi connectivity index (χ3n) is 1.95. The van der Waals surface area contributed by atoms with Gasteiger partial charge in [0.05, 0.1) is 4.88 Å². The molecule has 2 aromatic rings. The van der Waals surface area contributed by atoms with Gasteiger partial charge in [0.1, 0.15) is 0 Å². The summed E-state index contributed by atoms with van der Waals surface area (Å²) in [5.74, 6) is 0.319. The molecule has 2 rings (SSSR count). The second-order valence-electron chi connectivity index (χ2n) is 3.25. The highest BCUT2D eigenvalue weighted by atomic mass is 79.9. The van der Waals surface area contributed by atoms with E-state index in [0.29, 0.717) is 16.8 Å². The summed E-state index contributed by atoms with van der Waals surface area (Å²) >= 11 is 4.69. The van der Waals surface area contributed by atoms with Crippen LogP contribution in [0.15, 0.2) is 39.2 Å². The maximum Gasteiger partial charge on any atom is 0.273 e. The minimum absolute atomic E-state index is 0.266. The van der Waals surface area contributed by atoms with Gasteiger partial charge in [-0.2, -0.15) is 0 Å². The smallest absolute Gasteiger partial charge is 0.273 e. The van der Waals surface area contributed by atoms with Crippen LogP contribution in [-0.4, -0.2) is 17.6 Å². The van der Waals surface area contributed by atoms with Gasteiger partial charge < -0.3 is 9.84 Å². The summed E-state index contributed by atoms with van der Waals surface area (Å²) in [6.45, 7) is 3.99. The Morgan fingerprint density at radius 1 is 1.65 bits per heavy atom. The molecule has 6 heteroatoms. The number of amides is 1. The molecule has 0 aliphatic rings. The number of thiophene rings is 1. The Balaban J connectivity index is 2.08. The minimum atomic E-state index is -0.280. The highest BCUT2D eigenvalue weighted by Gasteiger charge is 2.13. The van der Waals surface area contributed by atoms with Crippen LogP contribution in [0, 0.1) is 0 Å². The summed E-state index contributed by atoms with van der Waals surface area (Å²) in [7, 11) is 0. The fourth-order valence-electron chi connectivity index (χ4n) is 1.18. The lowest BCUT2D eigenvalue weighted by atomic mass is 10.3. The van der Waals surface area contributed by atoms with Crippen LogP contribution in [0.1, 0.15) is 10.5 Å². The molecule has 2 heterocycles. The van der Waals surface area contributed by atoms with Gasteiger partial charge in [0.25, 0.3) is 5.91 Å². The topological polar surface area (TPSA) is 55.1 Å². The zero-order valence-electron chi connectivity index (χ0n) is 8.77. The Morgan fingerprint density at radius 2 is 2.47 bits per heavy atom. The average Bonchev–Trinajstić information content (AvgIpc) is 2.94. The van der Waals surface area contributed by atoms with Gasteiger partial charge in [0, 0.05) is 17.1 Å². The van der Waals surface area contributed by atoms with Crippen LogP contribution < -0.4 is 5.32 Å². The average molecular weight is 313 g/mol. The van der Waals surface area contributed by atoms with Crippen molar-refractivity contribution in [3.05, 3.63) is 40.3 Å². The predicted molar refractivity (Wildman–Crippen MR) is 70.2 cm³/mol. The van der Waals surface area contributed by atoms with Crippen LogP contribution >= 0.6 is 27.3 Å². The van der Waals surface area contributed by atoms with Gasteiger partial charge in [0.2, 0.25) is 0 Å². The zero-order chi connectivity index (χ0) is 12.3. The van der Waals surface area contributed by atoms with E-state index in [2.05, 4.69) is 33.0 Å². The molecule has 1 N–H and O–H groups in total. The third kappa shape index (κ3) is 3.04. The van der Waals surface area contributed by atoms with Crippen molar-refractivity contribution in [1.29, 1.82) is 0 Å². The number of carbonyl (C=O) groups excluding carboxylic acids is 1. The maximum atomic E-state index is 11.6. The largest absolute Gasteiger partial charge is 0.355 e. The first-order valence-corrected chi connectivity index (χ1v) is 6.46. The van der Waals surface area contributed by atoms with Crippen LogP contribution in [0.5, 0.6) is 0 Å². The first kappa shape index (κ1) is 12.1. The van der Waals surface area contributed by atoms with E-state index in [1.54, 1.807) is 6.07 Å². The van der Waals surface area contributed by atoms with Gasteiger partial charge in [-0.1, -0.05) is 33.7 Å². The quantitative estimate of drug-likeness (QED) is 0.944. The van der Waals surface area contributed by atoms with Crippen molar-refractivity contribution in [1.82, 2.24) is 10.5 Å². The summed E-state index contributed by atoms with van der Waals surface area (Å²) in [5, 5.41) is 8.31. The number of aromatic nitrogens is 1. The second kappa shape index (κ2) is 5.29. The Hall–Kier alpha value is -1.40. The van der Waals surface area contributed by atoms with E-state index < -0.39 is 0 Å². The molecule has 0 unspecified atom stereocenters. The molecular formula is C11H9BrN2O2S. The lowest BCUT2D eigenvalue weighted by Crippen LogP contribution is -2.24. The molecule has 2 aromatic heterocycles. The molecule has 0 saturated carbocycles. The second-order valence-corrected chi connectivity index (χ2v) is 5.32. The van der Waals surface area contributed by atoms with Crippen LogP contribution in [-0.2, 0) is 0 Å². The number of nitrogens with zero attached hydrogens (tertiary/aromatic N) is 1. The molecular weight excluding hydrogens is 304 g/mol. The number of halogens is 1.